The SMILES string of the molecule is CO[C@H]1C(=O)N(C)C2(CCN(C(=O)Nc3ccccc3)CC2)[C@@H]1C(=O)N(C)c1ccccc1. The molecule has 1 spiro atoms. The number of rotatable bonds is 4. The maximum Gasteiger partial charge on any atom is 0.321 e. The fourth-order valence-corrected chi connectivity index (χ4v) is 5.09. The normalized spacial score (nSPS) is 21.8. The summed E-state index contributed by atoms with van der Waals surface area (Å²) < 4.78 is 5.56. The van der Waals surface area contributed by atoms with Crippen molar-refractivity contribution in [1.82, 2.24) is 9.80 Å². The number of nitrogens with one attached hydrogen (secondary N) is 1. The molecule has 0 aromatic heterocycles. The zero-order valence-electron chi connectivity index (χ0n) is 19.2. The maximum atomic E-state index is 13.7. The van der Waals surface area contributed by atoms with Crippen LogP contribution in [0.5, 0.6) is 0 Å². The van der Waals surface area contributed by atoms with E-state index in [0.717, 1.165) is 11.4 Å². The Morgan fingerprint density at radius 2 is 1.61 bits per heavy atom. The minimum absolute atomic E-state index is 0.159. The molecule has 2 atom stereocenters. The van der Waals surface area contributed by atoms with Crippen LogP contribution in [-0.4, -0.2) is 73.6 Å². The molecule has 2 saturated heterocycles. The van der Waals surface area contributed by atoms with Crippen LogP contribution >= 0.6 is 0 Å². The number of likely N-dealkylation sites (N-methyl/N-ethyl adjacent to an activating group) is 1. The van der Waals surface area contributed by atoms with Gasteiger partial charge in [0.2, 0.25) is 5.91 Å². The molecule has 2 aromatic carbocycles. The van der Waals surface area contributed by atoms with Gasteiger partial charge in [0.1, 0.15) is 6.10 Å². The summed E-state index contributed by atoms with van der Waals surface area (Å²) in [4.78, 5) is 44.6. The van der Waals surface area contributed by atoms with Crippen LogP contribution in [0.15, 0.2) is 60.7 Å². The Kier molecular flexibility index (Phi) is 6.37. The highest BCUT2D eigenvalue weighted by atomic mass is 16.5. The smallest absolute Gasteiger partial charge is 0.321 e. The first-order chi connectivity index (χ1) is 15.9. The third-order valence-corrected chi connectivity index (χ3v) is 7.06. The van der Waals surface area contributed by atoms with Crippen molar-refractivity contribution in [3.63, 3.8) is 0 Å². The van der Waals surface area contributed by atoms with Crippen molar-refractivity contribution in [2.24, 2.45) is 5.92 Å². The van der Waals surface area contributed by atoms with E-state index in [9.17, 15) is 14.4 Å². The van der Waals surface area contributed by atoms with Gasteiger partial charge in [0, 0.05) is 45.7 Å². The molecule has 2 aliphatic rings. The second-order valence-corrected chi connectivity index (χ2v) is 8.65. The van der Waals surface area contributed by atoms with Crippen molar-refractivity contribution >= 4 is 29.2 Å². The zero-order valence-corrected chi connectivity index (χ0v) is 19.2. The second kappa shape index (κ2) is 9.23. The molecule has 0 unspecified atom stereocenters. The number of carbonyl (C=O) groups is 3. The monoisotopic (exact) mass is 450 g/mol. The fourth-order valence-electron chi connectivity index (χ4n) is 5.09. The van der Waals surface area contributed by atoms with Gasteiger partial charge < -0.3 is 24.8 Å². The van der Waals surface area contributed by atoms with E-state index in [4.69, 9.17) is 4.74 Å². The lowest BCUT2D eigenvalue weighted by Gasteiger charge is -2.46. The van der Waals surface area contributed by atoms with E-state index >= 15 is 0 Å². The molecule has 0 saturated carbocycles. The molecule has 2 fully saturated rings. The van der Waals surface area contributed by atoms with Crippen molar-refractivity contribution < 1.29 is 19.1 Å². The largest absolute Gasteiger partial charge is 0.371 e. The molecular formula is C25H30N4O4. The second-order valence-electron chi connectivity index (χ2n) is 8.65. The van der Waals surface area contributed by atoms with E-state index in [1.807, 2.05) is 60.7 Å². The van der Waals surface area contributed by atoms with E-state index in [0.29, 0.717) is 25.9 Å². The number of likely N-dealkylation sites (tertiary alicyclic amines) is 2. The number of benzene rings is 2. The minimum atomic E-state index is -0.849. The minimum Gasteiger partial charge on any atom is -0.371 e. The summed E-state index contributed by atoms with van der Waals surface area (Å²) in [5, 5.41) is 2.91. The van der Waals surface area contributed by atoms with E-state index in [2.05, 4.69) is 5.32 Å². The molecule has 4 amide bonds. The van der Waals surface area contributed by atoms with Crippen LogP contribution in [0.2, 0.25) is 0 Å². The fraction of sp³-hybridized carbons (Fsp3) is 0.400. The molecule has 174 valence electrons. The number of nitrogens with zero attached hydrogens (tertiary/aromatic N) is 3. The summed E-state index contributed by atoms with van der Waals surface area (Å²) in [5.74, 6) is -1.02. The molecule has 2 heterocycles. The molecule has 1 N–H and O–H groups in total. The summed E-state index contributed by atoms with van der Waals surface area (Å²) in [6, 6.07) is 18.5. The highest BCUT2D eigenvalue weighted by Gasteiger charge is 2.61. The first-order valence-electron chi connectivity index (χ1n) is 11.1. The van der Waals surface area contributed by atoms with Crippen LogP contribution in [-0.2, 0) is 14.3 Å². The Labute approximate surface area is 194 Å². The number of piperidine rings is 1. The molecule has 0 aliphatic carbocycles. The number of carbonyl (C=O) groups excluding carboxylic acids is 3. The number of hydrogen-bond acceptors (Lipinski definition) is 4. The van der Waals surface area contributed by atoms with Crippen molar-refractivity contribution in [3.8, 4) is 0 Å². The summed E-state index contributed by atoms with van der Waals surface area (Å²) in [6.07, 6.45) is 0.144. The molecule has 8 heteroatoms. The average molecular weight is 451 g/mol. The van der Waals surface area contributed by atoms with Crippen LogP contribution in [0.25, 0.3) is 0 Å². The van der Waals surface area contributed by atoms with E-state index < -0.39 is 17.6 Å². The number of hydrogen-bond donors (Lipinski definition) is 1. The van der Waals surface area contributed by atoms with Crippen LogP contribution < -0.4 is 10.2 Å². The topological polar surface area (TPSA) is 82.2 Å². The Balaban J connectivity index is 1.55. The van der Waals surface area contributed by atoms with Crippen molar-refractivity contribution in [3.05, 3.63) is 60.7 Å². The predicted octanol–water partition coefficient (Wildman–Crippen LogP) is 2.82. The van der Waals surface area contributed by atoms with Crippen LogP contribution in [0.4, 0.5) is 16.2 Å². The summed E-state index contributed by atoms with van der Waals surface area (Å²) in [6.45, 7) is 0.872. The highest BCUT2D eigenvalue weighted by Crippen LogP contribution is 2.45. The summed E-state index contributed by atoms with van der Waals surface area (Å²) in [7, 11) is 4.94. The lowest BCUT2D eigenvalue weighted by molar-refractivity contribution is -0.138. The zero-order chi connectivity index (χ0) is 23.6. The predicted molar refractivity (Wildman–Crippen MR) is 126 cm³/mol. The van der Waals surface area contributed by atoms with E-state index in [1.165, 1.54) is 7.11 Å². The number of amides is 4. The van der Waals surface area contributed by atoms with Gasteiger partial charge in [0.05, 0.1) is 11.5 Å². The number of para-hydroxylation sites is 2. The standard InChI is InChI=1S/C25H30N4O4/c1-27(19-12-8-5-9-13-19)22(30)20-21(33-3)23(31)28(2)25(20)14-16-29(17-15-25)24(32)26-18-10-6-4-7-11-18/h4-13,20-21H,14-17H2,1-3H3,(H,26,32)/t20-,21+/m0/s1. The summed E-state index contributed by atoms with van der Waals surface area (Å²) in [5.41, 5.74) is 0.781. The van der Waals surface area contributed by atoms with Crippen LogP contribution in [0, 0.1) is 5.92 Å². The van der Waals surface area contributed by atoms with Gasteiger partial charge in [-0.15, -0.1) is 0 Å². The lowest BCUT2D eigenvalue weighted by Crippen LogP contribution is -2.59. The van der Waals surface area contributed by atoms with Gasteiger partial charge in [-0.25, -0.2) is 4.79 Å². The first kappa shape index (κ1) is 22.8. The van der Waals surface area contributed by atoms with Gasteiger partial charge in [0.25, 0.3) is 5.91 Å². The maximum absolute atomic E-state index is 13.7. The molecule has 33 heavy (non-hydrogen) atoms. The number of anilines is 2. The van der Waals surface area contributed by atoms with Gasteiger partial charge in [0.15, 0.2) is 0 Å². The molecule has 0 bridgehead atoms. The number of ether oxygens (including phenoxy) is 1. The highest BCUT2D eigenvalue weighted by molar-refractivity contribution is 6.02. The average Bonchev–Trinajstić information content (AvgIpc) is 3.06. The molecule has 8 nitrogen and oxygen atoms in total. The van der Waals surface area contributed by atoms with Gasteiger partial charge in [-0.2, -0.15) is 0 Å². The van der Waals surface area contributed by atoms with Crippen molar-refractivity contribution in [2.45, 2.75) is 24.5 Å². The quantitative estimate of drug-likeness (QED) is 0.777. The van der Waals surface area contributed by atoms with E-state index in [-0.39, 0.29) is 17.8 Å². The van der Waals surface area contributed by atoms with Gasteiger partial charge >= 0.3 is 6.03 Å². The number of urea groups is 1. The van der Waals surface area contributed by atoms with Crippen LogP contribution in [0.3, 0.4) is 0 Å². The molecule has 2 aromatic rings. The molecule has 0 radical (unpaired) electrons. The Bertz CT molecular complexity index is 1010. The molecular weight excluding hydrogens is 420 g/mol. The lowest BCUT2D eigenvalue weighted by atomic mass is 9.75. The Morgan fingerprint density at radius 1 is 1.03 bits per heavy atom. The van der Waals surface area contributed by atoms with Crippen LogP contribution in [0.1, 0.15) is 12.8 Å². The van der Waals surface area contributed by atoms with Gasteiger partial charge in [-0.3, -0.25) is 9.59 Å². The van der Waals surface area contributed by atoms with Crippen molar-refractivity contribution in [1.29, 1.82) is 0 Å². The third-order valence-electron chi connectivity index (χ3n) is 7.06. The van der Waals surface area contributed by atoms with Gasteiger partial charge in [-0.05, 0) is 37.1 Å². The van der Waals surface area contributed by atoms with Crippen molar-refractivity contribution in [2.75, 3.05) is 44.5 Å². The molecule has 2 aliphatic heterocycles. The number of methoxy groups -OCH3 is 1. The summed E-state index contributed by atoms with van der Waals surface area (Å²) >= 11 is 0. The Hall–Kier alpha value is -3.39. The first-order valence-corrected chi connectivity index (χ1v) is 11.1. The third kappa shape index (κ3) is 4.06. The van der Waals surface area contributed by atoms with Gasteiger partial charge in [-0.1, -0.05) is 36.4 Å². The van der Waals surface area contributed by atoms with E-state index in [1.54, 1.807) is 28.8 Å². The Morgan fingerprint density at radius 3 is 2.18 bits per heavy atom. The molecule has 4 rings (SSSR count).